The Morgan fingerprint density at radius 3 is 2.95 bits per heavy atom. The number of halogens is 2. The Kier molecular flexibility index (Phi) is 7.42. The zero-order valence-electron chi connectivity index (χ0n) is 11.9. The van der Waals surface area contributed by atoms with Gasteiger partial charge in [-0.2, -0.15) is 0 Å². The summed E-state index contributed by atoms with van der Waals surface area (Å²) in [5.74, 6) is -0.292. The number of hydrogen-bond donors (Lipinski definition) is 1. The predicted molar refractivity (Wildman–Crippen MR) is 79.4 cm³/mol. The number of carbonyl (C=O) groups is 1. The van der Waals surface area contributed by atoms with Crippen molar-refractivity contribution < 1.29 is 18.7 Å². The van der Waals surface area contributed by atoms with Gasteiger partial charge >= 0.3 is 0 Å². The Balaban J connectivity index is 0.00000220. The van der Waals surface area contributed by atoms with Gasteiger partial charge in [0.15, 0.2) is 11.6 Å². The van der Waals surface area contributed by atoms with Crippen molar-refractivity contribution in [3.05, 3.63) is 30.1 Å². The van der Waals surface area contributed by atoms with Gasteiger partial charge in [0.05, 0.1) is 13.2 Å². The maximum Gasteiger partial charge on any atom is 0.252 e. The number of nitrogens with one attached hydrogen (secondary N) is 1. The SMILES string of the molecule is CN(CCOc1ccccc1F)C(=O)C1CNCCO1.Cl. The molecule has 0 radical (unpaired) electrons. The molecule has 1 saturated heterocycles. The van der Waals surface area contributed by atoms with Crippen molar-refractivity contribution in [1.82, 2.24) is 10.2 Å². The van der Waals surface area contributed by atoms with Crippen LogP contribution in [0.25, 0.3) is 0 Å². The molecule has 1 aliphatic rings. The fourth-order valence-corrected chi connectivity index (χ4v) is 1.93. The minimum atomic E-state index is -0.442. The molecule has 21 heavy (non-hydrogen) atoms. The van der Waals surface area contributed by atoms with Crippen LogP contribution in [0, 0.1) is 5.82 Å². The van der Waals surface area contributed by atoms with Crippen LogP contribution in [0.4, 0.5) is 4.39 Å². The van der Waals surface area contributed by atoms with E-state index in [2.05, 4.69) is 5.32 Å². The molecule has 2 rings (SSSR count). The molecule has 1 N–H and O–H groups in total. The van der Waals surface area contributed by atoms with Gasteiger partial charge in [-0.25, -0.2) is 4.39 Å². The van der Waals surface area contributed by atoms with E-state index >= 15 is 0 Å². The van der Waals surface area contributed by atoms with Crippen molar-refractivity contribution >= 4 is 18.3 Å². The van der Waals surface area contributed by atoms with Gasteiger partial charge in [-0.15, -0.1) is 12.4 Å². The van der Waals surface area contributed by atoms with Crippen LogP contribution in [0.1, 0.15) is 0 Å². The molecule has 1 aromatic rings. The number of amides is 1. The van der Waals surface area contributed by atoms with Crippen molar-refractivity contribution in [1.29, 1.82) is 0 Å². The summed E-state index contributed by atoms with van der Waals surface area (Å²) in [6.07, 6.45) is -0.442. The minimum Gasteiger partial charge on any atom is -0.489 e. The predicted octanol–water partition coefficient (Wildman–Crippen LogP) is 1.07. The van der Waals surface area contributed by atoms with Crippen LogP contribution in [0.2, 0.25) is 0 Å². The molecule has 1 unspecified atom stereocenters. The number of rotatable bonds is 5. The van der Waals surface area contributed by atoms with Gasteiger partial charge < -0.3 is 19.7 Å². The number of ether oxygens (including phenoxy) is 2. The molecule has 0 spiro atoms. The standard InChI is InChI=1S/C14H19FN2O3.ClH/c1-17(14(18)13-10-16-6-8-19-13)7-9-20-12-5-3-2-4-11(12)15;/h2-5,13,16H,6-10H2,1H3;1H. The van der Waals surface area contributed by atoms with Gasteiger partial charge in [0.1, 0.15) is 12.7 Å². The zero-order valence-corrected chi connectivity index (χ0v) is 12.7. The number of likely N-dealkylation sites (N-methyl/N-ethyl adjacent to an activating group) is 1. The van der Waals surface area contributed by atoms with Crippen molar-refractivity contribution in [3.63, 3.8) is 0 Å². The smallest absolute Gasteiger partial charge is 0.252 e. The second-order valence-electron chi connectivity index (χ2n) is 4.60. The van der Waals surface area contributed by atoms with Gasteiger partial charge in [-0.05, 0) is 12.1 Å². The average molecular weight is 319 g/mol. The highest BCUT2D eigenvalue weighted by molar-refractivity contribution is 5.85. The summed E-state index contributed by atoms with van der Waals surface area (Å²) in [6.45, 7) is 2.45. The van der Waals surface area contributed by atoms with Crippen LogP contribution < -0.4 is 10.1 Å². The summed E-state index contributed by atoms with van der Waals surface area (Å²) in [7, 11) is 1.69. The van der Waals surface area contributed by atoms with Gasteiger partial charge in [-0.1, -0.05) is 12.1 Å². The third-order valence-corrected chi connectivity index (χ3v) is 3.10. The third kappa shape index (κ3) is 5.15. The average Bonchev–Trinajstić information content (AvgIpc) is 2.49. The van der Waals surface area contributed by atoms with Crippen LogP contribution in [0.3, 0.4) is 0 Å². The van der Waals surface area contributed by atoms with E-state index in [1.807, 2.05) is 0 Å². The van der Waals surface area contributed by atoms with E-state index in [-0.39, 0.29) is 30.7 Å². The highest BCUT2D eigenvalue weighted by atomic mass is 35.5. The number of nitrogens with zero attached hydrogens (tertiary/aromatic N) is 1. The van der Waals surface area contributed by atoms with Gasteiger partial charge in [0.25, 0.3) is 5.91 Å². The lowest BCUT2D eigenvalue weighted by atomic mass is 10.2. The van der Waals surface area contributed by atoms with Crippen LogP contribution in [-0.2, 0) is 9.53 Å². The highest BCUT2D eigenvalue weighted by Gasteiger charge is 2.24. The number of hydrogen-bond acceptors (Lipinski definition) is 4. The van der Waals surface area contributed by atoms with Crippen molar-refractivity contribution in [2.75, 3.05) is 39.9 Å². The molecule has 0 bridgehead atoms. The lowest BCUT2D eigenvalue weighted by molar-refractivity contribution is -0.144. The zero-order chi connectivity index (χ0) is 14.4. The van der Waals surface area contributed by atoms with E-state index in [9.17, 15) is 9.18 Å². The van der Waals surface area contributed by atoms with Crippen molar-refractivity contribution in [2.24, 2.45) is 0 Å². The summed E-state index contributed by atoms with van der Waals surface area (Å²) in [5.41, 5.74) is 0. The Bertz CT molecular complexity index is 456. The molecule has 0 aliphatic carbocycles. The van der Waals surface area contributed by atoms with Gasteiger partial charge in [0, 0.05) is 20.1 Å². The summed E-state index contributed by atoms with van der Waals surface area (Å²) in [6, 6.07) is 6.21. The molecule has 1 heterocycles. The maximum absolute atomic E-state index is 13.3. The normalized spacial score (nSPS) is 17.7. The molecule has 7 heteroatoms. The van der Waals surface area contributed by atoms with Crippen LogP contribution in [0.15, 0.2) is 24.3 Å². The molecule has 1 atom stereocenters. The van der Waals surface area contributed by atoms with Crippen LogP contribution >= 0.6 is 12.4 Å². The second-order valence-corrected chi connectivity index (χ2v) is 4.60. The topological polar surface area (TPSA) is 50.8 Å². The van der Waals surface area contributed by atoms with Crippen LogP contribution in [0.5, 0.6) is 5.75 Å². The third-order valence-electron chi connectivity index (χ3n) is 3.10. The first-order chi connectivity index (χ1) is 9.68. The number of carbonyl (C=O) groups excluding carboxylic acids is 1. The quantitative estimate of drug-likeness (QED) is 0.882. The monoisotopic (exact) mass is 318 g/mol. The highest BCUT2D eigenvalue weighted by Crippen LogP contribution is 2.15. The maximum atomic E-state index is 13.3. The molecule has 0 aromatic heterocycles. The Morgan fingerprint density at radius 2 is 2.29 bits per heavy atom. The number of para-hydroxylation sites is 1. The Morgan fingerprint density at radius 1 is 1.52 bits per heavy atom. The summed E-state index contributed by atoms with van der Waals surface area (Å²) < 4.78 is 24.0. The van der Waals surface area contributed by atoms with E-state index in [1.165, 1.54) is 6.07 Å². The van der Waals surface area contributed by atoms with Crippen molar-refractivity contribution in [3.8, 4) is 5.75 Å². The lowest BCUT2D eigenvalue weighted by Gasteiger charge is -2.27. The largest absolute Gasteiger partial charge is 0.489 e. The van der Waals surface area contributed by atoms with E-state index in [0.717, 1.165) is 6.54 Å². The molecule has 1 fully saturated rings. The summed E-state index contributed by atoms with van der Waals surface area (Å²) in [4.78, 5) is 13.6. The molecule has 118 valence electrons. The molecule has 1 amide bonds. The van der Waals surface area contributed by atoms with E-state index in [4.69, 9.17) is 9.47 Å². The Labute approximate surface area is 129 Å². The summed E-state index contributed by atoms with van der Waals surface area (Å²) >= 11 is 0. The van der Waals surface area contributed by atoms with Crippen LogP contribution in [-0.4, -0.2) is 56.8 Å². The fraction of sp³-hybridized carbons (Fsp3) is 0.500. The molecular weight excluding hydrogens is 299 g/mol. The Hall–Kier alpha value is -1.37. The fourth-order valence-electron chi connectivity index (χ4n) is 1.93. The lowest BCUT2D eigenvalue weighted by Crippen LogP contribution is -2.49. The molecule has 5 nitrogen and oxygen atoms in total. The van der Waals surface area contributed by atoms with E-state index < -0.39 is 11.9 Å². The first-order valence-electron chi connectivity index (χ1n) is 6.63. The molecule has 1 aromatic carbocycles. The first-order valence-corrected chi connectivity index (χ1v) is 6.63. The molecule has 0 saturated carbocycles. The number of benzene rings is 1. The minimum absolute atomic E-state index is 0. The van der Waals surface area contributed by atoms with Gasteiger partial charge in [0.2, 0.25) is 0 Å². The number of morpholine rings is 1. The van der Waals surface area contributed by atoms with E-state index in [0.29, 0.717) is 19.7 Å². The molecular formula is C14H20ClFN2O3. The van der Waals surface area contributed by atoms with E-state index in [1.54, 1.807) is 30.1 Å². The van der Waals surface area contributed by atoms with Gasteiger partial charge in [-0.3, -0.25) is 4.79 Å². The first kappa shape index (κ1) is 17.7. The second kappa shape index (κ2) is 8.81. The van der Waals surface area contributed by atoms with Crippen molar-refractivity contribution in [2.45, 2.75) is 6.10 Å². The summed E-state index contributed by atoms with van der Waals surface area (Å²) in [5, 5.41) is 3.11. The molecule has 1 aliphatic heterocycles.